The van der Waals surface area contributed by atoms with E-state index in [4.69, 9.17) is 4.74 Å². The zero-order valence-electron chi connectivity index (χ0n) is 18.6. The van der Waals surface area contributed by atoms with Crippen molar-refractivity contribution in [1.82, 2.24) is 4.90 Å². The number of benzene rings is 2. The van der Waals surface area contributed by atoms with Crippen molar-refractivity contribution in [1.29, 1.82) is 0 Å². The van der Waals surface area contributed by atoms with Gasteiger partial charge in [-0.2, -0.15) is 13.2 Å². The first-order valence-electron chi connectivity index (χ1n) is 10.6. The van der Waals surface area contributed by atoms with Crippen LogP contribution in [0.3, 0.4) is 0 Å². The Balaban J connectivity index is 2.01. The summed E-state index contributed by atoms with van der Waals surface area (Å²) in [6, 6.07) is 10.2. The second kappa shape index (κ2) is 9.77. The van der Waals surface area contributed by atoms with Gasteiger partial charge in [-0.25, -0.2) is 9.18 Å². The highest BCUT2D eigenvalue weighted by atomic mass is 19.4. The summed E-state index contributed by atoms with van der Waals surface area (Å²) in [5.41, 5.74) is 0.703. The van der Waals surface area contributed by atoms with E-state index in [1.165, 1.54) is 35.2 Å². The van der Waals surface area contributed by atoms with E-state index in [1.54, 1.807) is 13.0 Å². The number of rotatable bonds is 6. The molecule has 1 heterocycles. The first-order chi connectivity index (χ1) is 15.5. The van der Waals surface area contributed by atoms with Gasteiger partial charge in [-0.05, 0) is 48.2 Å². The number of carbonyl (C=O) groups is 2. The van der Waals surface area contributed by atoms with Crippen LogP contribution in [0.5, 0.6) is 0 Å². The van der Waals surface area contributed by atoms with E-state index in [0.29, 0.717) is 16.8 Å². The summed E-state index contributed by atoms with van der Waals surface area (Å²) in [7, 11) is 0. The minimum absolute atomic E-state index is 0.0586. The zero-order valence-corrected chi connectivity index (χ0v) is 18.6. The third-order valence-electron chi connectivity index (χ3n) is 5.46. The standard InChI is InChI=1S/C25H25F4NO3/c1-15(2)14-33-24(32)23-16(3)30(13-17-5-4-6-20(26)11-17)22(31)12-21(23)18-7-9-19(10-8-18)25(27,28)29/h4-11,15,21H,12-14H2,1-3H3/t21-/m0/s1. The molecule has 0 saturated carbocycles. The molecule has 1 aliphatic heterocycles. The Morgan fingerprint density at radius 3 is 2.39 bits per heavy atom. The minimum atomic E-state index is -4.49. The van der Waals surface area contributed by atoms with Crippen molar-refractivity contribution in [2.45, 2.75) is 45.8 Å². The van der Waals surface area contributed by atoms with Gasteiger partial charge in [0.2, 0.25) is 5.91 Å². The van der Waals surface area contributed by atoms with Crippen LogP contribution in [-0.4, -0.2) is 23.4 Å². The number of alkyl halides is 3. The van der Waals surface area contributed by atoms with Gasteiger partial charge in [0.05, 0.1) is 24.3 Å². The van der Waals surface area contributed by atoms with E-state index in [2.05, 4.69) is 0 Å². The van der Waals surface area contributed by atoms with E-state index >= 15 is 0 Å². The summed E-state index contributed by atoms with van der Waals surface area (Å²) >= 11 is 0. The molecule has 176 valence electrons. The van der Waals surface area contributed by atoms with Crippen molar-refractivity contribution in [3.63, 3.8) is 0 Å². The molecule has 0 bridgehead atoms. The molecule has 0 unspecified atom stereocenters. The van der Waals surface area contributed by atoms with Crippen molar-refractivity contribution in [2.75, 3.05) is 6.61 Å². The lowest BCUT2D eigenvalue weighted by atomic mass is 9.83. The van der Waals surface area contributed by atoms with Crippen molar-refractivity contribution < 1.29 is 31.9 Å². The maximum Gasteiger partial charge on any atom is 0.416 e. The van der Waals surface area contributed by atoms with Gasteiger partial charge in [0.15, 0.2) is 0 Å². The minimum Gasteiger partial charge on any atom is -0.462 e. The number of hydrogen-bond acceptors (Lipinski definition) is 3. The second-order valence-corrected chi connectivity index (χ2v) is 8.48. The second-order valence-electron chi connectivity index (χ2n) is 8.48. The molecule has 1 atom stereocenters. The third kappa shape index (κ3) is 5.80. The fourth-order valence-electron chi connectivity index (χ4n) is 3.80. The number of halogens is 4. The molecule has 33 heavy (non-hydrogen) atoms. The predicted molar refractivity (Wildman–Crippen MR) is 114 cm³/mol. The van der Waals surface area contributed by atoms with Gasteiger partial charge < -0.3 is 9.64 Å². The van der Waals surface area contributed by atoms with Gasteiger partial charge in [-0.1, -0.05) is 38.1 Å². The molecule has 0 spiro atoms. The predicted octanol–water partition coefficient (Wildman–Crippen LogP) is 5.83. The number of amides is 1. The van der Waals surface area contributed by atoms with E-state index in [0.717, 1.165) is 12.1 Å². The lowest BCUT2D eigenvalue weighted by Gasteiger charge is -2.34. The summed E-state index contributed by atoms with van der Waals surface area (Å²) in [4.78, 5) is 27.4. The topological polar surface area (TPSA) is 46.6 Å². The monoisotopic (exact) mass is 463 g/mol. The van der Waals surface area contributed by atoms with Gasteiger partial charge in [0, 0.05) is 18.0 Å². The van der Waals surface area contributed by atoms with E-state index in [1.807, 2.05) is 13.8 Å². The highest BCUT2D eigenvalue weighted by molar-refractivity contribution is 5.95. The van der Waals surface area contributed by atoms with Crippen LogP contribution in [0, 0.1) is 11.7 Å². The molecule has 0 aromatic heterocycles. The fourth-order valence-corrected chi connectivity index (χ4v) is 3.80. The molecule has 2 aromatic carbocycles. The van der Waals surface area contributed by atoms with Crippen molar-refractivity contribution in [2.24, 2.45) is 5.92 Å². The number of ether oxygens (including phenoxy) is 1. The van der Waals surface area contributed by atoms with Gasteiger partial charge in [0.1, 0.15) is 5.82 Å². The highest BCUT2D eigenvalue weighted by Crippen LogP contribution is 2.39. The normalized spacial score (nSPS) is 17.0. The molecular formula is C25H25F4NO3. The Kier molecular flexibility index (Phi) is 7.25. The number of nitrogens with zero attached hydrogens (tertiary/aromatic N) is 1. The molecule has 0 N–H and O–H groups in total. The van der Waals surface area contributed by atoms with Crippen LogP contribution in [0.4, 0.5) is 17.6 Å². The van der Waals surface area contributed by atoms with Gasteiger partial charge in [-0.15, -0.1) is 0 Å². The van der Waals surface area contributed by atoms with Gasteiger partial charge >= 0.3 is 12.1 Å². The van der Waals surface area contributed by atoms with Crippen LogP contribution in [-0.2, 0) is 27.0 Å². The van der Waals surface area contributed by atoms with Crippen LogP contribution in [0.15, 0.2) is 59.8 Å². The number of carbonyl (C=O) groups excluding carboxylic acids is 2. The molecule has 0 aliphatic carbocycles. The van der Waals surface area contributed by atoms with Crippen LogP contribution in [0.1, 0.15) is 49.8 Å². The average molecular weight is 463 g/mol. The maximum atomic E-state index is 13.6. The number of allylic oxidation sites excluding steroid dienone is 1. The zero-order chi connectivity index (χ0) is 24.3. The summed E-state index contributed by atoms with van der Waals surface area (Å²) in [6.45, 7) is 5.57. The Morgan fingerprint density at radius 1 is 1.15 bits per heavy atom. The van der Waals surface area contributed by atoms with Gasteiger partial charge in [-0.3, -0.25) is 4.79 Å². The molecule has 0 saturated heterocycles. The third-order valence-corrected chi connectivity index (χ3v) is 5.46. The average Bonchev–Trinajstić information content (AvgIpc) is 2.74. The maximum absolute atomic E-state index is 13.6. The molecule has 4 nitrogen and oxygen atoms in total. The lowest BCUT2D eigenvalue weighted by Crippen LogP contribution is -2.38. The molecule has 1 aliphatic rings. The summed E-state index contributed by atoms with van der Waals surface area (Å²) in [6.07, 6.45) is -4.61. The molecular weight excluding hydrogens is 438 g/mol. The van der Waals surface area contributed by atoms with E-state index in [-0.39, 0.29) is 37.0 Å². The summed E-state index contributed by atoms with van der Waals surface area (Å²) in [5, 5.41) is 0. The Labute approximate surface area is 189 Å². The fraction of sp³-hybridized carbons (Fsp3) is 0.360. The highest BCUT2D eigenvalue weighted by Gasteiger charge is 2.38. The summed E-state index contributed by atoms with van der Waals surface area (Å²) in [5.74, 6) is -2.06. The number of esters is 1. The molecule has 3 rings (SSSR count). The quantitative estimate of drug-likeness (QED) is 0.400. The van der Waals surface area contributed by atoms with E-state index in [9.17, 15) is 27.2 Å². The van der Waals surface area contributed by atoms with Crippen LogP contribution >= 0.6 is 0 Å². The van der Waals surface area contributed by atoms with Crippen LogP contribution in [0.2, 0.25) is 0 Å². The van der Waals surface area contributed by atoms with Crippen LogP contribution < -0.4 is 0 Å². The Hall–Kier alpha value is -3.16. The van der Waals surface area contributed by atoms with Crippen LogP contribution in [0.25, 0.3) is 0 Å². The molecule has 0 fully saturated rings. The molecule has 1 amide bonds. The summed E-state index contributed by atoms with van der Waals surface area (Å²) < 4.78 is 58.0. The van der Waals surface area contributed by atoms with Gasteiger partial charge in [0.25, 0.3) is 0 Å². The first kappa shape index (κ1) is 24.5. The molecule has 8 heteroatoms. The van der Waals surface area contributed by atoms with Crippen molar-refractivity contribution in [3.8, 4) is 0 Å². The largest absolute Gasteiger partial charge is 0.462 e. The van der Waals surface area contributed by atoms with Crippen molar-refractivity contribution in [3.05, 3.63) is 82.3 Å². The molecule has 0 radical (unpaired) electrons. The Morgan fingerprint density at radius 2 is 1.82 bits per heavy atom. The number of hydrogen-bond donors (Lipinski definition) is 0. The smallest absolute Gasteiger partial charge is 0.416 e. The Bertz CT molecular complexity index is 1060. The molecule has 2 aromatic rings. The SMILES string of the molecule is CC1=C(C(=O)OCC(C)C)[C@H](c2ccc(C(F)(F)F)cc2)CC(=O)N1Cc1cccc(F)c1. The van der Waals surface area contributed by atoms with Crippen molar-refractivity contribution >= 4 is 11.9 Å². The lowest BCUT2D eigenvalue weighted by molar-refractivity contribution is -0.141. The first-order valence-corrected chi connectivity index (χ1v) is 10.6. The van der Waals surface area contributed by atoms with E-state index < -0.39 is 29.4 Å².